The third-order valence-corrected chi connectivity index (χ3v) is 8.44. The maximum absolute atomic E-state index is 6.88. The Bertz CT molecular complexity index is 1480. The summed E-state index contributed by atoms with van der Waals surface area (Å²) in [5, 5.41) is 4.27. The van der Waals surface area contributed by atoms with Crippen LogP contribution in [0.3, 0.4) is 0 Å². The number of imidazole rings is 1. The number of fused-ring (bicyclic) bond motifs is 3. The third-order valence-electron chi connectivity index (χ3n) is 8.13. The number of benzene rings is 2. The van der Waals surface area contributed by atoms with Gasteiger partial charge in [-0.25, -0.2) is 9.97 Å². The van der Waals surface area contributed by atoms with E-state index in [1.807, 2.05) is 36.4 Å². The molecular formula is C30H33ClN6O2. The van der Waals surface area contributed by atoms with Gasteiger partial charge in [0.25, 0.3) is 0 Å². The third kappa shape index (κ3) is 5.21. The molecule has 2 aromatic carbocycles. The average Bonchev–Trinajstić information content (AvgIpc) is 3.40. The number of halogens is 1. The molecule has 8 nitrogen and oxygen atoms in total. The van der Waals surface area contributed by atoms with Crippen molar-refractivity contribution in [2.24, 2.45) is 0 Å². The highest BCUT2D eigenvalue weighted by molar-refractivity contribution is 6.33. The molecule has 2 aliphatic heterocycles. The predicted molar refractivity (Wildman–Crippen MR) is 151 cm³/mol. The molecule has 1 saturated carbocycles. The van der Waals surface area contributed by atoms with E-state index in [0.29, 0.717) is 41.7 Å². The Labute approximate surface area is 233 Å². The van der Waals surface area contributed by atoms with Crippen molar-refractivity contribution in [1.82, 2.24) is 29.7 Å². The van der Waals surface area contributed by atoms with Crippen LogP contribution in [0, 0.1) is 0 Å². The number of nitrogens with zero attached hydrogens (tertiary/aromatic N) is 5. The molecule has 9 heteroatoms. The Kier molecular flexibility index (Phi) is 6.41. The molecular weight excluding hydrogens is 512 g/mol. The van der Waals surface area contributed by atoms with E-state index in [2.05, 4.69) is 43.8 Å². The summed E-state index contributed by atoms with van der Waals surface area (Å²) in [5.74, 6) is 2.01. The first-order valence-electron chi connectivity index (χ1n) is 13.9. The highest BCUT2D eigenvalue weighted by Crippen LogP contribution is 2.41. The Hall–Kier alpha value is -3.20. The number of likely N-dealkylation sites (tertiary alicyclic amines) is 1. The van der Waals surface area contributed by atoms with Crippen LogP contribution in [-0.2, 0) is 6.54 Å². The Morgan fingerprint density at radius 1 is 1.05 bits per heavy atom. The van der Waals surface area contributed by atoms with Gasteiger partial charge >= 0.3 is 0 Å². The highest BCUT2D eigenvalue weighted by Gasteiger charge is 2.41. The van der Waals surface area contributed by atoms with Crippen molar-refractivity contribution in [3.8, 4) is 23.0 Å². The normalized spacial score (nSPS) is 21.8. The first kappa shape index (κ1) is 24.8. The summed E-state index contributed by atoms with van der Waals surface area (Å²) < 4.78 is 14.5. The SMILES string of the molecule is CC1(Oc2ncnc3c2nc(-c2ccc(OCCN4CC5CCC(C4)N5)cc2Cl)n3Cc2ccccc2)CC1. The molecule has 1 aliphatic carbocycles. The lowest BCUT2D eigenvalue weighted by atomic mass is 10.2. The van der Waals surface area contributed by atoms with Gasteiger partial charge in [-0.2, -0.15) is 4.98 Å². The topological polar surface area (TPSA) is 77.3 Å². The lowest BCUT2D eigenvalue weighted by Gasteiger charge is -2.32. The summed E-state index contributed by atoms with van der Waals surface area (Å²) in [6.45, 7) is 6.46. The number of rotatable bonds is 9. The fourth-order valence-corrected chi connectivity index (χ4v) is 6.01. The van der Waals surface area contributed by atoms with Crippen molar-refractivity contribution < 1.29 is 9.47 Å². The van der Waals surface area contributed by atoms with Crippen molar-refractivity contribution in [3.05, 3.63) is 65.4 Å². The quantitative estimate of drug-likeness (QED) is 0.320. The van der Waals surface area contributed by atoms with Crippen LogP contribution in [0.4, 0.5) is 0 Å². The summed E-state index contributed by atoms with van der Waals surface area (Å²) >= 11 is 6.88. The van der Waals surface area contributed by atoms with Crippen LogP contribution in [0.15, 0.2) is 54.9 Å². The van der Waals surface area contributed by atoms with E-state index in [0.717, 1.165) is 60.8 Å². The molecule has 3 aliphatic rings. The molecule has 3 fully saturated rings. The predicted octanol–water partition coefficient (Wildman–Crippen LogP) is 4.94. The molecule has 2 saturated heterocycles. The zero-order chi connectivity index (χ0) is 26.4. The van der Waals surface area contributed by atoms with Gasteiger partial charge in [0.1, 0.15) is 30.1 Å². The molecule has 2 aromatic heterocycles. The first-order valence-corrected chi connectivity index (χ1v) is 14.3. The minimum atomic E-state index is -0.175. The zero-order valence-corrected chi connectivity index (χ0v) is 22.9. The van der Waals surface area contributed by atoms with Crippen LogP contribution in [0.5, 0.6) is 11.6 Å². The molecule has 2 unspecified atom stereocenters. The smallest absolute Gasteiger partial charge is 0.245 e. The summed E-state index contributed by atoms with van der Waals surface area (Å²) in [6, 6.07) is 17.4. The second kappa shape index (κ2) is 10.1. The van der Waals surface area contributed by atoms with E-state index in [1.54, 1.807) is 6.33 Å². The number of nitrogens with one attached hydrogen (secondary N) is 1. The number of hydrogen-bond acceptors (Lipinski definition) is 7. The molecule has 202 valence electrons. The lowest BCUT2D eigenvalue weighted by Crippen LogP contribution is -2.51. The van der Waals surface area contributed by atoms with Gasteiger partial charge in [-0.3, -0.25) is 4.90 Å². The van der Waals surface area contributed by atoms with Crippen molar-refractivity contribution >= 4 is 22.8 Å². The van der Waals surface area contributed by atoms with Gasteiger partial charge in [0.05, 0.1) is 11.6 Å². The van der Waals surface area contributed by atoms with Crippen molar-refractivity contribution in [3.63, 3.8) is 0 Å². The fourth-order valence-electron chi connectivity index (χ4n) is 5.75. The van der Waals surface area contributed by atoms with Gasteiger partial charge in [-0.05, 0) is 56.4 Å². The Morgan fingerprint density at radius 2 is 1.85 bits per heavy atom. The number of aromatic nitrogens is 4. The molecule has 1 N–H and O–H groups in total. The van der Waals surface area contributed by atoms with Crippen LogP contribution >= 0.6 is 11.6 Å². The summed E-state index contributed by atoms with van der Waals surface area (Å²) in [6.07, 6.45) is 6.15. The van der Waals surface area contributed by atoms with E-state index in [4.69, 9.17) is 26.1 Å². The second-order valence-electron chi connectivity index (χ2n) is 11.3. The van der Waals surface area contributed by atoms with Gasteiger partial charge in [-0.1, -0.05) is 41.9 Å². The van der Waals surface area contributed by atoms with Gasteiger partial charge < -0.3 is 19.4 Å². The van der Waals surface area contributed by atoms with E-state index in [9.17, 15) is 0 Å². The van der Waals surface area contributed by atoms with Gasteiger partial charge in [0.15, 0.2) is 11.2 Å². The Morgan fingerprint density at radius 3 is 2.59 bits per heavy atom. The Balaban J connectivity index is 1.16. The van der Waals surface area contributed by atoms with Crippen LogP contribution in [-0.4, -0.2) is 68.3 Å². The molecule has 39 heavy (non-hydrogen) atoms. The molecule has 0 radical (unpaired) electrons. The van der Waals surface area contributed by atoms with E-state index in [-0.39, 0.29) is 5.60 Å². The zero-order valence-electron chi connectivity index (χ0n) is 22.1. The first-order chi connectivity index (χ1) is 19.0. The largest absolute Gasteiger partial charge is 0.492 e. The van der Waals surface area contributed by atoms with Gasteiger partial charge in [0.2, 0.25) is 5.88 Å². The van der Waals surface area contributed by atoms with E-state index >= 15 is 0 Å². The monoisotopic (exact) mass is 544 g/mol. The standard InChI is InChI=1S/C30H33ClN6O2/c1-30(11-12-30)39-29-26-28(32-19-33-29)37(16-20-5-3-2-4-6-20)27(35-26)24-10-9-23(15-25(24)31)38-14-13-36-17-21-7-8-22(18-36)34-21/h2-6,9-10,15,19,21-22,34H,7-8,11-14,16-18H2,1H3. The van der Waals surface area contributed by atoms with Crippen molar-refractivity contribution in [2.45, 2.75) is 56.8 Å². The van der Waals surface area contributed by atoms with E-state index < -0.39 is 0 Å². The molecule has 7 rings (SSSR count). The fraction of sp³-hybridized carbons (Fsp3) is 0.433. The molecule has 0 amide bonds. The van der Waals surface area contributed by atoms with Crippen molar-refractivity contribution in [2.75, 3.05) is 26.2 Å². The molecule has 4 heterocycles. The highest BCUT2D eigenvalue weighted by atomic mass is 35.5. The second-order valence-corrected chi connectivity index (χ2v) is 11.7. The number of ether oxygens (including phenoxy) is 2. The summed E-state index contributed by atoms with van der Waals surface area (Å²) in [7, 11) is 0. The number of hydrogen-bond donors (Lipinski definition) is 1. The van der Waals surface area contributed by atoms with Crippen LogP contribution in [0.25, 0.3) is 22.6 Å². The minimum Gasteiger partial charge on any atom is -0.492 e. The number of piperazine rings is 1. The van der Waals surface area contributed by atoms with E-state index in [1.165, 1.54) is 12.8 Å². The maximum Gasteiger partial charge on any atom is 0.245 e. The summed E-state index contributed by atoms with van der Waals surface area (Å²) in [5.41, 5.74) is 3.17. The average molecular weight is 545 g/mol. The lowest BCUT2D eigenvalue weighted by molar-refractivity contribution is 0.162. The minimum absolute atomic E-state index is 0.175. The van der Waals surface area contributed by atoms with Crippen LogP contribution in [0.2, 0.25) is 5.02 Å². The molecule has 2 atom stereocenters. The van der Waals surface area contributed by atoms with Gasteiger partial charge in [0, 0.05) is 37.3 Å². The van der Waals surface area contributed by atoms with Gasteiger partial charge in [-0.15, -0.1) is 0 Å². The van der Waals surface area contributed by atoms with Crippen LogP contribution in [0.1, 0.15) is 38.2 Å². The molecule has 2 bridgehead atoms. The maximum atomic E-state index is 6.88. The molecule has 4 aromatic rings. The summed E-state index contributed by atoms with van der Waals surface area (Å²) in [4.78, 5) is 16.6. The molecule has 0 spiro atoms. The van der Waals surface area contributed by atoms with Crippen molar-refractivity contribution in [1.29, 1.82) is 0 Å². The van der Waals surface area contributed by atoms with Crippen LogP contribution < -0.4 is 14.8 Å².